The van der Waals surface area contributed by atoms with Crippen molar-refractivity contribution in [3.8, 4) is 0 Å². The number of carbonyl (C=O) groups is 1. The molecule has 0 unspecified atom stereocenters. The first-order valence-electron chi connectivity index (χ1n) is 6.70. The highest BCUT2D eigenvalue weighted by molar-refractivity contribution is 6.04. The van der Waals surface area contributed by atoms with Crippen molar-refractivity contribution in [1.29, 1.82) is 0 Å². The van der Waals surface area contributed by atoms with Gasteiger partial charge in [-0.25, -0.2) is 9.37 Å². The van der Waals surface area contributed by atoms with Gasteiger partial charge >= 0.3 is 0 Å². The van der Waals surface area contributed by atoms with Crippen molar-refractivity contribution in [2.24, 2.45) is 0 Å². The van der Waals surface area contributed by atoms with Gasteiger partial charge in [-0.15, -0.1) is 0 Å². The number of aromatic nitrogens is 2. The van der Waals surface area contributed by atoms with Gasteiger partial charge in [0.05, 0.1) is 11.0 Å². The van der Waals surface area contributed by atoms with Crippen LogP contribution < -0.4 is 5.32 Å². The molecule has 0 fully saturated rings. The number of amides is 1. The summed E-state index contributed by atoms with van der Waals surface area (Å²) in [4.78, 5) is 19.6. The second-order valence-electron chi connectivity index (χ2n) is 4.81. The molecule has 0 spiro atoms. The van der Waals surface area contributed by atoms with Crippen molar-refractivity contribution < 1.29 is 13.9 Å². The third-order valence-electron chi connectivity index (χ3n) is 3.18. The van der Waals surface area contributed by atoms with E-state index in [0.717, 1.165) is 16.9 Å². The molecule has 0 saturated carbocycles. The van der Waals surface area contributed by atoms with Crippen molar-refractivity contribution in [3.63, 3.8) is 0 Å². The van der Waals surface area contributed by atoms with Gasteiger partial charge in [0.25, 0.3) is 5.91 Å². The zero-order valence-corrected chi connectivity index (χ0v) is 11.9. The molecule has 5 nitrogen and oxygen atoms in total. The minimum atomic E-state index is -0.374. The van der Waals surface area contributed by atoms with Gasteiger partial charge in [-0.05, 0) is 42.5 Å². The summed E-state index contributed by atoms with van der Waals surface area (Å²) < 4.78 is 17.9. The van der Waals surface area contributed by atoms with Crippen molar-refractivity contribution >= 4 is 22.6 Å². The van der Waals surface area contributed by atoms with Crippen molar-refractivity contribution in [1.82, 2.24) is 9.97 Å². The lowest BCUT2D eigenvalue weighted by molar-refractivity contribution is 0.102. The highest BCUT2D eigenvalue weighted by Gasteiger charge is 2.08. The van der Waals surface area contributed by atoms with Crippen LogP contribution in [0.1, 0.15) is 16.2 Å². The molecule has 0 aliphatic heterocycles. The van der Waals surface area contributed by atoms with Gasteiger partial charge in [0.1, 0.15) is 18.2 Å². The number of H-pyrrole nitrogens is 1. The first kappa shape index (κ1) is 14.2. The van der Waals surface area contributed by atoms with E-state index in [4.69, 9.17) is 4.74 Å². The Morgan fingerprint density at radius 2 is 2.05 bits per heavy atom. The van der Waals surface area contributed by atoms with Gasteiger partial charge in [0.15, 0.2) is 0 Å². The fourth-order valence-electron chi connectivity index (χ4n) is 2.15. The van der Waals surface area contributed by atoms with E-state index >= 15 is 0 Å². The van der Waals surface area contributed by atoms with Crippen LogP contribution in [0, 0.1) is 5.82 Å². The minimum absolute atomic E-state index is 0.295. The Kier molecular flexibility index (Phi) is 3.84. The molecule has 2 aromatic carbocycles. The molecule has 112 valence electrons. The molecule has 0 aliphatic carbocycles. The number of imidazole rings is 1. The lowest BCUT2D eigenvalue weighted by Crippen LogP contribution is -2.11. The topological polar surface area (TPSA) is 67.0 Å². The maximum Gasteiger partial charge on any atom is 0.255 e. The fraction of sp³-hybridized carbons (Fsp3) is 0.125. The zero-order valence-electron chi connectivity index (χ0n) is 11.9. The number of ether oxygens (including phenoxy) is 1. The van der Waals surface area contributed by atoms with E-state index in [2.05, 4.69) is 15.3 Å². The maximum absolute atomic E-state index is 12.9. The Hall–Kier alpha value is -2.73. The lowest BCUT2D eigenvalue weighted by atomic mass is 10.2. The fourth-order valence-corrected chi connectivity index (χ4v) is 2.15. The standard InChI is InChI=1S/C16H14FN3O2/c1-22-9-15-19-13-7-6-12(8-14(13)20-15)18-16(21)10-2-4-11(17)5-3-10/h2-8H,9H2,1H3,(H,18,21)(H,19,20). The van der Waals surface area contributed by atoms with Gasteiger partial charge in [0.2, 0.25) is 0 Å². The first-order chi connectivity index (χ1) is 10.7. The Morgan fingerprint density at radius 1 is 1.27 bits per heavy atom. The van der Waals surface area contributed by atoms with Crippen LogP contribution in [0.15, 0.2) is 42.5 Å². The normalized spacial score (nSPS) is 10.8. The van der Waals surface area contributed by atoms with Crippen LogP contribution in [-0.4, -0.2) is 23.0 Å². The first-order valence-corrected chi connectivity index (χ1v) is 6.70. The quantitative estimate of drug-likeness (QED) is 0.778. The number of rotatable bonds is 4. The summed E-state index contributed by atoms with van der Waals surface area (Å²) in [7, 11) is 1.60. The number of benzene rings is 2. The van der Waals surface area contributed by atoms with E-state index in [-0.39, 0.29) is 11.7 Å². The van der Waals surface area contributed by atoms with Crippen LogP contribution in [0.3, 0.4) is 0 Å². The zero-order chi connectivity index (χ0) is 15.5. The third-order valence-corrected chi connectivity index (χ3v) is 3.18. The van der Waals surface area contributed by atoms with Crippen molar-refractivity contribution in [2.75, 3.05) is 12.4 Å². The molecule has 22 heavy (non-hydrogen) atoms. The van der Waals surface area contributed by atoms with Crippen LogP contribution in [-0.2, 0) is 11.3 Å². The molecule has 1 amide bonds. The minimum Gasteiger partial charge on any atom is -0.377 e. The second-order valence-corrected chi connectivity index (χ2v) is 4.81. The summed E-state index contributed by atoms with van der Waals surface area (Å²) in [6.07, 6.45) is 0. The van der Waals surface area contributed by atoms with Gasteiger partial charge < -0.3 is 15.0 Å². The lowest BCUT2D eigenvalue weighted by Gasteiger charge is -2.05. The number of fused-ring (bicyclic) bond motifs is 1. The van der Waals surface area contributed by atoms with E-state index < -0.39 is 0 Å². The van der Waals surface area contributed by atoms with Crippen LogP contribution >= 0.6 is 0 Å². The summed E-state index contributed by atoms with van der Waals surface area (Å²) in [6.45, 7) is 0.395. The molecule has 3 rings (SSSR count). The number of hydrogen-bond donors (Lipinski definition) is 2. The predicted molar refractivity (Wildman–Crippen MR) is 81.2 cm³/mol. The van der Waals surface area contributed by atoms with Crippen LogP contribution in [0.2, 0.25) is 0 Å². The Labute approximate surface area is 126 Å². The molecule has 0 bridgehead atoms. The molecular weight excluding hydrogens is 285 g/mol. The van der Waals surface area contributed by atoms with E-state index in [0.29, 0.717) is 17.9 Å². The molecule has 3 aromatic rings. The van der Waals surface area contributed by atoms with Crippen molar-refractivity contribution in [2.45, 2.75) is 6.61 Å². The summed E-state index contributed by atoms with van der Waals surface area (Å²) >= 11 is 0. The Morgan fingerprint density at radius 3 is 2.77 bits per heavy atom. The number of methoxy groups -OCH3 is 1. The van der Waals surface area contributed by atoms with E-state index in [9.17, 15) is 9.18 Å². The molecule has 1 heterocycles. The molecule has 2 N–H and O–H groups in total. The summed E-state index contributed by atoms with van der Waals surface area (Å²) in [5.41, 5.74) is 2.64. The maximum atomic E-state index is 12.9. The van der Waals surface area contributed by atoms with Crippen LogP contribution in [0.25, 0.3) is 11.0 Å². The van der Waals surface area contributed by atoms with Gasteiger partial charge in [-0.2, -0.15) is 0 Å². The SMILES string of the molecule is COCc1nc2ccc(NC(=O)c3ccc(F)cc3)cc2[nH]1. The molecule has 6 heteroatoms. The molecule has 0 aliphatic rings. The predicted octanol–water partition coefficient (Wildman–Crippen LogP) is 3.10. The van der Waals surface area contributed by atoms with E-state index in [1.807, 2.05) is 6.07 Å². The molecular formula is C16H14FN3O2. The number of aromatic amines is 1. The number of anilines is 1. The second kappa shape index (κ2) is 5.95. The smallest absolute Gasteiger partial charge is 0.255 e. The Bertz CT molecular complexity index is 812. The number of halogens is 1. The number of hydrogen-bond acceptors (Lipinski definition) is 3. The molecule has 1 aromatic heterocycles. The summed E-state index contributed by atoms with van der Waals surface area (Å²) in [6, 6.07) is 10.8. The third kappa shape index (κ3) is 2.96. The molecule has 0 saturated heterocycles. The summed E-state index contributed by atoms with van der Waals surface area (Å²) in [5, 5.41) is 2.77. The van der Waals surface area contributed by atoms with Crippen LogP contribution in [0.5, 0.6) is 0 Å². The van der Waals surface area contributed by atoms with Crippen LogP contribution in [0.4, 0.5) is 10.1 Å². The highest BCUT2D eigenvalue weighted by Crippen LogP contribution is 2.18. The monoisotopic (exact) mass is 299 g/mol. The van der Waals surface area contributed by atoms with Gasteiger partial charge in [-0.1, -0.05) is 0 Å². The average molecular weight is 299 g/mol. The Balaban J connectivity index is 1.81. The number of nitrogens with zero attached hydrogens (tertiary/aromatic N) is 1. The highest BCUT2D eigenvalue weighted by atomic mass is 19.1. The largest absolute Gasteiger partial charge is 0.377 e. The van der Waals surface area contributed by atoms with E-state index in [1.165, 1.54) is 24.3 Å². The number of carbonyl (C=O) groups excluding carboxylic acids is 1. The molecule has 0 radical (unpaired) electrons. The van der Waals surface area contributed by atoms with Gasteiger partial charge in [-0.3, -0.25) is 4.79 Å². The summed E-state index contributed by atoms with van der Waals surface area (Å²) in [5.74, 6) is 0.0524. The van der Waals surface area contributed by atoms with E-state index in [1.54, 1.807) is 19.2 Å². The number of nitrogens with one attached hydrogen (secondary N) is 2. The average Bonchev–Trinajstić information content (AvgIpc) is 2.90. The van der Waals surface area contributed by atoms with Gasteiger partial charge in [0, 0.05) is 18.4 Å². The molecule has 0 atom stereocenters. The van der Waals surface area contributed by atoms with Crippen molar-refractivity contribution in [3.05, 3.63) is 59.7 Å².